The lowest BCUT2D eigenvalue weighted by molar-refractivity contribution is -0.220. The zero-order valence-electron chi connectivity index (χ0n) is 34.1. The van der Waals surface area contributed by atoms with E-state index in [0.29, 0.717) is 13.2 Å². The Hall–Kier alpha value is -1.96. The number of benzene rings is 2. The molecule has 52 heavy (non-hydrogen) atoms. The number of rotatable bonds is 13. The van der Waals surface area contributed by atoms with Crippen molar-refractivity contribution in [1.29, 1.82) is 0 Å². The Morgan fingerprint density at radius 1 is 0.808 bits per heavy atom. The summed E-state index contributed by atoms with van der Waals surface area (Å²) >= 11 is 0. The van der Waals surface area contributed by atoms with Crippen molar-refractivity contribution in [3.63, 3.8) is 0 Å². The predicted octanol–water partition coefficient (Wildman–Crippen LogP) is 9.03. The van der Waals surface area contributed by atoms with Gasteiger partial charge in [-0.1, -0.05) is 107 Å². The number of carbonyl (C=O) groups is 1. The Balaban J connectivity index is 1.64. The molecule has 3 fully saturated rings. The molecule has 0 unspecified atom stereocenters. The molecule has 1 aliphatic heterocycles. The summed E-state index contributed by atoms with van der Waals surface area (Å²) in [5.41, 5.74) is -0.636. The molecule has 0 radical (unpaired) electrons. The minimum absolute atomic E-state index is 0.0666. The van der Waals surface area contributed by atoms with Gasteiger partial charge in [-0.3, -0.25) is 4.79 Å². The molecule has 2 saturated carbocycles. The van der Waals surface area contributed by atoms with Gasteiger partial charge in [0.2, 0.25) is 0 Å². The maximum atomic E-state index is 13.1. The number of allylic oxidation sites excluding steroid dienone is 3. The van der Waals surface area contributed by atoms with Gasteiger partial charge >= 0.3 is 0 Å². The largest absolute Gasteiger partial charge is 0.411 e. The van der Waals surface area contributed by atoms with Crippen molar-refractivity contribution in [2.24, 2.45) is 17.3 Å². The van der Waals surface area contributed by atoms with Crippen LogP contribution < -0.4 is 10.4 Å². The normalized spacial score (nSPS) is 28.4. The van der Waals surface area contributed by atoms with E-state index in [2.05, 4.69) is 148 Å². The number of hydrogen-bond acceptors (Lipinski definition) is 6. The molecular weight excluding hydrogens is 697 g/mol. The molecule has 286 valence electrons. The zero-order valence-corrected chi connectivity index (χ0v) is 37.1. The van der Waals surface area contributed by atoms with Crippen molar-refractivity contribution in [2.75, 3.05) is 13.2 Å². The third-order valence-corrected chi connectivity index (χ3v) is 18.6. The molecule has 0 amide bonds. The molecule has 2 aromatic rings. The molecule has 1 saturated heterocycles. The van der Waals surface area contributed by atoms with Gasteiger partial charge in [-0.25, -0.2) is 0 Å². The fraction of sp³-hybridized carbons (Fsp3) is 0.605. The van der Waals surface area contributed by atoms with Crippen molar-refractivity contribution in [2.45, 2.75) is 135 Å². The van der Waals surface area contributed by atoms with Crippen molar-refractivity contribution in [3.05, 3.63) is 84.5 Å². The lowest BCUT2D eigenvalue weighted by atomic mass is 9.55. The fourth-order valence-corrected chi connectivity index (χ4v) is 17.8. The summed E-state index contributed by atoms with van der Waals surface area (Å²) < 4.78 is 35.0. The highest BCUT2D eigenvalue weighted by molar-refractivity contribution is 6.99. The molecule has 2 aromatic carbocycles. The van der Waals surface area contributed by atoms with Crippen molar-refractivity contribution in [1.82, 2.24) is 0 Å². The molecule has 0 N–H and O–H groups in total. The van der Waals surface area contributed by atoms with Crippen molar-refractivity contribution >= 4 is 41.6 Å². The van der Waals surface area contributed by atoms with E-state index in [1.807, 2.05) is 12.2 Å². The summed E-state index contributed by atoms with van der Waals surface area (Å²) in [4.78, 5) is 13.1. The minimum Gasteiger partial charge on any atom is -0.411 e. The Bertz CT molecular complexity index is 1530. The SMILES string of the molecule is CC(C)(/C=C/C=C(/C=O)[C@H]1CC[C@@]2(C)[C@H](O[Si](c3ccccc3)(c3ccccc3)C(C)(C)C)CC[C@@]2(O[Si](C)(C)C)[C@@H]1C1OCCO1)O[Si](C)(C)C. The van der Waals surface area contributed by atoms with Crippen molar-refractivity contribution in [3.8, 4) is 0 Å². The molecule has 6 nitrogen and oxygen atoms in total. The molecule has 5 atom stereocenters. The summed E-state index contributed by atoms with van der Waals surface area (Å²) in [7, 11) is -6.81. The molecule has 3 aliphatic rings. The van der Waals surface area contributed by atoms with Gasteiger partial charge in [0.15, 0.2) is 22.9 Å². The first-order valence-corrected chi connectivity index (χ1v) is 28.2. The highest BCUT2D eigenvalue weighted by Crippen LogP contribution is 2.65. The van der Waals surface area contributed by atoms with Crippen LogP contribution in [0.1, 0.15) is 67.2 Å². The molecule has 0 aromatic heterocycles. The lowest BCUT2D eigenvalue weighted by Crippen LogP contribution is -2.70. The van der Waals surface area contributed by atoms with Gasteiger partial charge in [-0.15, -0.1) is 0 Å². The van der Waals surface area contributed by atoms with Gasteiger partial charge in [0.05, 0.1) is 30.5 Å². The summed E-state index contributed by atoms with van der Waals surface area (Å²) in [6, 6.07) is 21.9. The average Bonchev–Trinajstić information content (AvgIpc) is 3.66. The second-order valence-electron chi connectivity index (χ2n) is 19.1. The van der Waals surface area contributed by atoms with Gasteiger partial charge in [0, 0.05) is 11.3 Å². The smallest absolute Gasteiger partial charge is 0.261 e. The number of ether oxygens (including phenoxy) is 2. The van der Waals surface area contributed by atoms with E-state index in [-0.39, 0.29) is 28.4 Å². The van der Waals surface area contributed by atoms with Crippen LogP contribution >= 0.6 is 0 Å². The summed E-state index contributed by atoms with van der Waals surface area (Å²) in [6.45, 7) is 28.2. The third kappa shape index (κ3) is 8.32. The lowest BCUT2D eigenvalue weighted by Gasteiger charge is -2.60. The first-order valence-electron chi connectivity index (χ1n) is 19.5. The van der Waals surface area contributed by atoms with Gasteiger partial charge in [-0.2, -0.15) is 0 Å². The van der Waals surface area contributed by atoms with Crippen LogP contribution in [-0.4, -0.2) is 68.0 Å². The predicted molar refractivity (Wildman–Crippen MR) is 221 cm³/mol. The van der Waals surface area contributed by atoms with E-state index >= 15 is 0 Å². The van der Waals surface area contributed by atoms with E-state index in [9.17, 15) is 4.79 Å². The van der Waals surface area contributed by atoms with Crippen molar-refractivity contribution < 1.29 is 27.5 Å². The van der Waals surface area contributed by atoms with Crippen LogP contribution in [0.15, 0.2) is 84.5 Å². The van der Waals surface area contributed by atoms with Gasteiger partial charge < -0.3 is 22.8 Å². The van der Waals surface area contributed by atoms with Crippen LogP contribution in [0.4, 0.5) is 0 Å². The van der Waals surface area contributed by atoms with E-state index < -0.39 is 42.4 Å². The second kappa shape index (κ2) is 15.3. The van der Waals surface area contributed by atoms with E-state index in [1.54, 1.807) is 0 Å². The fourth-order valence-electron chi connectivity index (χ4n) is 9.81. The summed E-state index contributed by atoms with van der Waals surface area (Å²) in [6.07, 6.45) is 9.99. The number of fused-ring (bicyclic) bond motifs is 1. The van der Waals surface area contributed by atoms with E-state index in [4.69, 9.17) is 22.8 Å². The average molecular weight is 763 g/mol. The van der Waals surface area contributed by atoms with Crippen LogP contribution in [0.25, 0.3) is 0 Å². The van der Waals surface area contributed by atoms with Crippen LogP contribution in [0.5, 0.6) is 0 Å². The van der Waals surface area contributed by atoms with Crippen LogP contribution in [-0.2, 0) is 27.5 Å². The number of hydrogen-bond donors (Lipinski definition) is 0. The van der Waals surface area contributed by atoms with Gasteiger partial charge in [0.1, 0.15) is 6.29 Å². The molecular formula is C43H66O6Si3. The second-order valence-corrected chi connectivity index (χ2v) is 32.2. The third-order valence-electron chi connectivity index (χ3n) is 11.5. The Morgan fingerprint density at radius 3 is 1.85 bits per heavy atom. The molecule has 9 heteroatoms. The highest BCUT2D eigenvalue weighted by atomic mass is 28.4. The summed E-state index contributed by atoms with van der Waals surface area (Å²) in [5.74, 6) is -0.272. The number of aldehydes is 1. The van der Waals surface area contributed by atoms with Gasteiger partial charge in [0.25, 0.3) is 8.32 Å². The Morgan fingerprint density at radius 2 is 1.37 bits per heavy atom. The summed E-state index contributed by atoms with van der Waals surface area (Å²) in [5, 5.41) is 2.41. The zero-order chi connectivity index (χ0) is 38.2. The molecule has 2 aliphatic carbocycles. The monoisotopic (exact) mass is 762 g/mol. The minimum atomic E-state index is -2.87. The standard InChI is InChI=1S/C43H66O6Si3/c1-40(2,3)52(34-21-15-13-16-22-34,35-23-17-14-18-24-35)47-37-26-29-43(49-51(10,11)12)38(39-45-30-31-46-39)36(25-28-42(37,43)6)33(32-44)20-19-27-41(4,5)48-50(7,8)9/h13-24,27,32,36-39H,25-26,28-31H2,1-12H3/b27-19+,33-20-/t36-,37-,38+,42+,43-/m1/s1. The maximum Gasteiger partial charge on any atom is 0.261 e. The Kier molecular flexibility index (Phi) is 12.1. The first kappa shape index (κ1) is 41.2. The quantitative estimate of drug-likeness (QED) is 0.0879. The molecule has 1 heterocycles. The topological polar surface area (TPSA) is 63.2 Å². The molecule has 0 bridgehead atoms. The highest BCUT2D eigenvalue weighted by Gasteiger charge is 2.70. The van der Waals surface area contributed by atoms with Gasteiger partial charge in [-0.05, 0) is 106 Å². The van der Waals surface area contributed by atoms with Crippen LogP contribution in [0.3, 0.4) is 0 Å². The van der Waals surface area contributed by atoms with Crippen LogP contribution in [0.2, 0.25) is 44.3 Å². The van der Waals surface area contributed by atoms with E-state index in [1.165, 1.54) is 10.4 Å². The molecule has 0 spiro atoms. The number of carbonyl (C=O) groups excluding carboxylic acids is 1. The first-order chi connectivity index (χ1) is 24.2. The van der Waals surface area contributed by atoms with Crippen LogP contribution in [0, 0.1) is 17.3 Å². The Labute approximate surface area is 318 Å². The molecule has 5 rings (SSSR count). The maximum absolute atomic E-state index is 13.1. The van der Waals surface area contributed by atoms with E-state index in [0.717, 1.165) is 37.5 Å².